The summed E-state index contributed by atoms with van der Waals surface area (Å²) in [6, 6.07) is 7.89. The summed E-state index contributed by atoms with van der Waals surface area (Å²) in [5.74, 6) is 0. The van der Waals surface area contributed by atoms with E-state index >= 15 is 0 Å². The van der Waals surface area contributed by atoms with Crippen molar-refractivity contribution >= 4 is 27.5 Å². The normalized spacial score (nSPS) is 10.9. The summed E-state index contributed by atoms with van der Waals surface area (Å²) in [5, 5.41) is 8.67. The molecule has 1 aromatic carbocycles. The molecule has 0 aliphatic carbocycles. The third-order valence-electron chi connectivity index (χ3n) is 3.04. The van der Waals surface area contributed by atoms with Gasteiger partial charge in [0.1, 0.15) is 0 Å². The Labute approximate surface area is 127 Å². The zero-order valence-corrected chi connectivity index (χ0v) is 13.4. The summed E-state index contributed by atoms with van der Waals surface area (Å²) in [6.45, 7) is 3.71. The van der Waals surface area contributed by atoms with Gasteiger partial charge < -0.3 is 5.32 Å². The van der Waals surface area contributed by atoms with Gasteiger partial charge in [0, 0.05) is 25.2 Å². The van der Waals surface area contributed by atoms with Gasteiger partial charge in [-0.25, -0.2) is 0 Å². The largest absolute Gasteiger partial charge is 0.307 e. The van der Waals surface area contributed by atoms with Crippen molar-refractivity contribution in [2.24, 2.45) is 7.05 Å². The topological polar surface area (TPSA) is 29.9 Å². The number of benzene rings is 1. The van der Waals surface area contributed by atoms with Crippen molar-refractivity contribution in [1.29, 1.82) is 0 Å². The van der Waals surface area contributed by atoms with Gasteiger partial charge in [-0.3, -0.25) is 4.68 Å². The van der Waals surface area contributed by atoms with Crippen molar-refractivity contribution < 1.29 is 0 Å². The fourth-order valence-electron chi connectivity index (χ4n) is 1.94. The molecule has 2 rings (SSSR count). The van der Waals surface area contributed by atoms with E-state index in [0.29, 0.717) is 0 Å². The maximum absolute atomic E-state index is 5.86. The van der Waals surface area contributed by atoms with E-state index in [1.54, 1.807) is 0 Å². The van der Waals surface area contributed by atoms with Crippen LogP contribution in [0.25, 0.3) is 0 Å². The van der Waals surface area contributed by atoms with Crippen LogP contribution in [0.5, 0.6) is 0 Å². The van der Waals surface area contributed by atoms with Crippen LogP contribution in [0.3, 0.4) is 0 Å². The Hall–Kier alpha value is -0.840. The van der Waals surface area contributed by atoms with Crippen LogP contribution in [0.1, 0.15) is 23.9 Å². The first-order valence-electron chi connectivity index (χ1n) is 6.27. The highest BCUT2D eigenvalue weighted by Gasteiger charge is 2.11. The predicted octanol–water partition coefficient (Wildman–Crippen LogP) is 3.69. The molecule has 0 aliphatic heterocycles. The standard InChI is InChI=1S/C14H17BrClN3/c1-3-12-14(15)13(19(2)18-12)9-17-8-10-4-6-11(16)7-5-10/h4-7,17H,3,8-9H2,1-2H3. The number of halogens is 2. The van der Waals surface area contributed by atoms with Crippen LogP contribution in [0.2, 0.25) is 5.02 Å². The van der Waals surface area contributed by atoms with Gasteiger partial charge in [-0.2, -0.15) is 5.10 Å². The molecule has 3 nitrogen and oxygen atoms in total. The zero-order valence-electron chi connectivity index (χ0n) is 11.1. The monoisotopic (exact) mass is 341 g/mol. The number of hydrogen-bond acceptors (Lipinski definition) is 2. The van der Waals surface area contributed by atoms with E-state index in [0.717, 1.165) is 34.7 Å². The Morgan fingerprint density at radius 3 is 2.53 bits per heavy atom. The molecule has 1 aromatic heterocycles. The number of hydrogen-bond donors (Lipinski definition) is 1. The first kappa shape index (κ1) is 14.6. The Morgan fingerprint density at radius 2 is 1.95 bits per heavy atom. The van der Waals surface area contributed by atoms with Gasteiger partial charge in [-0.1, -0.05) is 30.7 Å². The first-order valence-corrected chi connectivity index (χ1v) is 7.44. The van der Waals surface area contributed by atoms with Gasteiger partial charge in [-0.05, 0) is 40.0 Å². The van der Waals surface area contributed by atoms with Crippen LogP contribution in [0, 0.1) is 0 Å². The van der Waals surface area contributed by atoms with E-state index in [2.05, 4.69) is 33.3 Å². The summed E-state index contributed by atoms with van der Waals surface area (Å²) in [4.78, 5) is 0. The fraction of sp³-hybridized carbons (Fsp3) is 0.357. The molecular weight excluding hydrogens is 326 g/mol. The molecule has 1 N–H and O–H groups in total. The van der Waals surface area contributed by atoms with E-state index in [1.807, 2.05) is 36.0 Å². The fourth-order valence-corrected chi connectivity index (χ4v) is 2.82. The predicted molar refractivity (Wildman–Crippen MR) is 82.3 cm³/mol. The molecule has 19 heavy (non-hydrogen) atoms. The van der Waals surface area contributed by atoms with E-state index in [1.165, 1.54) is 11.3 Å². The minimum atomic E-state index is 0.769. The number of nitrogens with one attached hydrogen (secondary N) is 1. The molecule has 0 saturated heterocycles. The van der Waals surface area contributed by atoms with E-state index in [9.17, 15) is 0 Å². The average Bonchev–Trinajstić information content (AvgIpc) is 2.68. The Kier molecular flexibility index (Phi) is 5.02. The summed E-state index contributed by atoms with van der Waals surface area (Å²) >= 11 is 9.48. The molecule has 5 heteroatoms. The third-order valence-corrected chi connectivity index (χ3v) is 4.21. The molecular formula is C14H17BrClN3. The quantitative estimate of drug-likeness (QED) is 0.898. The van der Waals surface area contributed by atoms with Gasteiger partial charge in [0.2, 0.25) is 0 Å². The minimum Gasteiger partial charge on any atom is -0.307 e. The molecule has 1 heterocycles. The zero-order chi connectivity index (χ0) is 13.8. The molecule has 0 saturated carbocycles. The third kappa shape index (κ3) is 3.59. The van der Waals surface area contributed by atoms with E-state index < -0.39 is 0 Å². The van der Waals surface area contributed by atoms with Crippen LogP contribution in [-0.4, -0.2) is 9.78 Å². The SMILES string of the molecule is CCc1nn(C)c(CNCc2ccc(Cl)cc2)c1Br. The highest BCUT2D eigenvalue weighted by atomic mass is 79.9. The van der Waals surface area contributed by atoms with Crippen LogP contribution < -0.4 is 5.32 Å². The van der Waals surface area contributed by atoms with Crippen molar-refractivity contribution in [2.45, 2.75) is 26.4 Å². The minimum absolute atomic E-state index is 0.769. The summed E-state index contributed by atoms with van der Waals surface area (Å²) in [5.41, 5.74) is 3.50. The molecule has 0 spiro atoms. The molecule has 0 unspecified atom stereocenters. The van der Waals surface area contributed by atoms with Crippen LogP contribution in [0.4, 0.5) is 0 Å². The van der Waals surface area contributed by atoms with Gasteiger partial charge in [-0.15, -0.1) is 0 Å². The summed E-state index contributed by atoms with van der Waals surface area (Å²) in [6.07, 6.45) is 0.936. The number of aryl methyl sites for hydroxylation is 2. The lowest BCUT2D eigenvalue weighted by Crippen LogP contribution is -2.15. The lowest BCUT2D eigenvalue weighted by atomic mass is 10.2. The first-order chi connectivity index (χ1) is 9.11. The maximum atomic E-state index is 5.86. The van der Waals surface area contributed by atoms with Crippen molar-refractivity contribution in [2.75, 3.05) is 0 Å². The number of rotatable bonds is 5. The van der Waals surface area contributed by atoms with Crippen molar-refractivity contribution in [1.82, 2.24) is 15.1 Å². The van der Waals surface area contributed by atoms with Crippen LogP contribution >= 0.6 is 27.5 Å². The molecule has 0 atom stereocenters. The van der Waals surface area contributed by atoms with Gasteiger partial charge in [0.05, 0.1) is 15.9 Å². The maximum Gasteiger partial charge on any atom is 0.0767 e. The van der Waals surface area contributed by atoms with Crippen molar-refractivity contribution in [3.63, 3.8) is 0 Å². The average molecular weight is 343 g/mol. The van der Waals surface area contributed by atoms with Crippen molar-refractivity contribution in [3.8, 4) is 0 Å². The molecule has 102 valence electrons. The van der Waals surface area contributed by atoms with Gasteiger partial charge in [0.15, 0.2) is 0 Å². The molecule has 2 aromatic rings. The Balaban J connectivity index is 1.96. The highest BCUT2D eigenvalue weighted by molar-refractivity contribution is 9.10. The van der Waals surface area contributed by atoms with Gasteiger partial charge in [0.25, 0.3) is 0 Å². The number of nitrogens with zero attached hydrogens (tertiary/aromatic N) is 2. The summed E-state index contributed by atoms with van der Waals surface area (Å²) in [7, 11) is 1.98. The highest BCUT2D eigenvalue weighted by Crippen LogP contribution is 2.21. The van der Waals surface area contributed by atoms with E-state index in [-0.39, 0.29) is 0 Å². The van der Waals surface area contributed by atoms with Crippen LogP contribution in [0.15, 0.2) is 28.7 Å². The molecule has 0 amide bonds. The Morgan fingerprint density at radius 1 is 1.26 bits per heavy atom. The van der Waals surface area contributed by atoms with Gasteiger partial charge >= 0.3 is 0 Å². The lowest BCUT2D eigenvalue weighted by Gasteiger charge is -2.06. The van der Waals surface area contributed by atoms with Crippen molar-refractivity contribution in [3.05, 3.63) is 50.7 Å². The second kappa shape index (κ2) is 6.55. The molecule has 0 bridgehead atoms. The van der Waals surface area contributed by atoms with E-state index in [4.69, 9.17) is 11.6 Å². The molecule has 0 radical (unpaired) electrons. The molecule has 0 aliphatic rings. The smallest absolute Gasteiger partial charge is 0.0767 e. The summed E-state index contributed by atoms with van der Waals surface area (Å²) < 4.78 is 3.04. The number of aromatic nitrogens is 2. The second-order valence-electron chi connectivity index (χ2n) is 4.41. The van der Waals surface area contributed by atoms with Crippen LogP contribution in [-0.2, 0) is 26.6 Å². The lowest BCUT2D eigenvalue weighted by molar-refractivity contribution is 0.622. The molecule has 0 fully saturated rings. The second-order valence-corrected chi connectivity index (χ2v) is 5.64. The Bertz CT molecular complexity index is 549.